The van der Waals surface area contributed by atoms with Crippen LogP contribution in [0.1, 0.15) is 43.7 Å². The molecule has 0 radical (unpaired) electrons. The third kappa shape index (κ3) is 5.94. The zero-order valence-electron chi connectivity index (χ0n) is 22.7. The molecule has 1 aliphatic carbocycles. The third-order valence-corrected chi connectivity index (χ3v) is 9.66. The lowest BCUT2D eigenvalue weighted by Crippen LogP contribution is -2.40. The van der Waals surface area contributed by atoms with Gasteiger partial charge in [0.2, 0.25) is 0 Å². The summed E-state index contributed by atoms with van der Waals surface area (Å²) in [5.41, 5.74) is 3.14. The summed E-state index contributed by atoms with van der Waals surface area (Å²) in [6, 6.07) is 13.5. The summed E-state index contributed by atoms with van der Waals surface area (Å²) in [7, 11) is -3.47. The Labute approximate surface area is 239 Å². The van der Waals surface area contributed by atoms with Crippen molar-refractivity contribution in [1.29, 1.82) is 0 Å². The molecule has 10 nitrogen and oxygen atoms in total. The minimum Gasteiger partial charge on any atom is -0.396 e. The van der Waals surface area contributed by atoms with Crippen LogP contribution in [0.4, 0.5) is 17.3 Å². The van der Waals surface area contributed by atoms with Crippen molar-refractivity contribution in [3.63, 3.8) is 0 Å². The second-order valence-corrected chi connectivity index (χ2v) is 13.0. The second kappa shape index (κ2) is 11.0. The van der Waals surface area contributed by atoms with E-state index in [2.05, 4.69) is 49.0 Å². The lowest BCUT2D eigenvalue weighted by Gasteiger charge is -2.39. The molecule has 4 heterocycles. The van der Waals surface area contributed by atoms with Crippen molar-refractivity contribution in [2.45, 2.75) is 37.9 Å². The molecule has 0 bridgehead atoms. The van der Waals surface area contributed by atoms with Crippen molar-refractivity contribution >= 4 is 27.3 Å². The maximum Gasteiger partial charge on any atom is 0.256 e. The van der Waals surface area contributed by atoms with Crippen molar-refractivity contribution in [2.75, 3.05) is 29.9 Å². The van der Waals surface area contributed by atoms with Crippen LogP contribution < -0.4 is 10.2 Å². The number of aromatic nitrogens is 5. The number of hydrogen-bond donors (Lipinski definition) is 2. The van der Waals surface area contributed by atoms with E-state index in [0.717, 1.165) is 46.8 Å². The number of rotatable bonds is 7. The molecule has 2 fully saturated rings. The van der Waals surface area contributed by atoms with E-state index >= 15 is 0 Å². The third-order valence-electron chi connectivity index (χ3n) is 7.63. The monoisotopic (exact) mass is 569 g/mol. The van der Waals surface area contributed by atoms with Crippen molar-refractivity contribution in [1.82, 2.24) is 24.1 Å². The molecular formula is C30H31N7O3S. The fourth-order valence-electron chi connectivity index (χ4n) is 4.75. The second-order valence-electron chi connectivity index (χ2n) is 10.9. The van der Waals surface area contributed by atoms with Gasteiger partial charge in [-0.25, -0.2) is 23.4 Å². The molecule has 1 aromatic carbocycles. The molecule has 6 rings (SSSR count). The van der Waals surface area contributed by atoms with Crippen LogP contribution in [0.25, 0.3) is 11.4 Å². The predicted octanol–water partition coefficient (Wildman–Crippen LogP) is 3.82. The van der Waals surface area contributed by atoms with E-state index in [1.54, 1.807) is 18.5 Å². The Morgan fingerprint density at radius 1 is 1.05 bits per heavy atom. The SMILES string of the molecule is CC1(CO)CCN(c2cc(Nc3ccnc(-c4cnn(S(=O)(=O)C5CC5)c4)n3)ncc2C#Cc2ccccc2)CC1. The molecule has 1 aliphatic heterocycles. The highest BCUT2D eigenvalue weighted by atomic mass is 32.2. The Bertz CT molecular complexity index is 1720. The number of aliphatic hydroxyl groups is 1. The number of nitrogens with zero attached hydrogens (tertiary/aromatic N) is 6. The summed E-state index contributed by atoms with van der Waals surface area (Å²) in [4.78, 5) is 15.8. The molecule has 0 amide bonds. The summed E-state index contributed by atoms with van der Waals surface area (Å²) in [6.45, 7) is 3.89. The van der Waals surface area contributed by atoms with Crippen molar-refractivity contribution in [3.8, 4) is 23.2 Å². The smallest absolute Gasteiger partial charge is 0.256 e. The summed E-state index contributed by atoms with van der Waals surface area (Å²) in [5, 5.41) is 16.8. The highest BCUT2D eigenvalue weighted by Gasteiger charge is 2.37. The standard InChI is InChI=1S/C30H31N7O3S/c1-30(21-38)12-15-36(16-13-30)26-17-28(32-18-23(26)8-7-22-5-3-2-4-6-22)34-27-11-14-31-29(35-27)24-19-33-37(20-24)41(39,40)25-9-10-25/h2-6,11,14,17-20,25,38H,9-10,12-13,15-16,21H2,1H3,(H,31,32,34,35). The van der Waals surface area contributed by atoms with Gasteiger partial charge >= 0.3 is 0 Å². The summed E-state index contributed by atoms with van der Waals surface area (Å²) in [5.74, 6) is 8.00. The lowest BCUT2D eigenvalue weighted by atomic mass is 9.81. The zero-order chi connectivity index (χ0) is 28.5. The van der Waals surface area contributed by atoms with E-state index in [0.29, 0.717) is 35.9 Å². The molecule has 41 heavy (non-hydrogen) atoms. The maximum atomic E-state index is 12.5. The van der Waals surface area contributed by atoms with Gasteiger partial charge in [-0.05, 0) is 49.3 Å². The maximum absolute atomic E-state index is 12.5. The van der Waals surface area contributed by atoms with Crippen LogP contribution in [0.2, 0.25) is 0 Å². The van der Waals surface area contributed by atoms with Gasteiger partial charge in [-0.3, -0.25) is 0 Å². The molecule has 1 saturated heterocycles. The first-order chi connectivity index (χ1) is 19.8. The van der Waals surface area contributed by atoms with E-state index in [9.17, 15) is 13.5 Å². The number of piperidine rings is 1. The molecule has 2 aliphatic rings. The molecule has 4 aromatic rings. The van der Waals surface area contributed by atoms with Crippen LogP contribution in [-0.4, -0.2) is 62.6 Å². The number of aliphatic hydroxyl groups excluding tert-OH is 1. The topological polar surface area (TPSA) is 126 Å². The first-order valence-electron chi connectivity index (χ1n) is 13.7. The van der Waals surface area contributed by atoms with Crippen LogP contribution >= 0.6 is 0 Å². The van der Waals surface area contributed by atoms with Crippen LogP contribution in [-0.2, 0) is 10.0 Å². The Kier molecular flexibility index (Phi) is 7.19. The molecule has 0 atom stereocenters. The number of benzene rings is 1. The number of nitrogens with one attached hydrogen (secondary N) is 1. The Morgan fingerprint density at radius 2 is 1.83 bits per heavy atom. The number of pyridine rings is 1. The van der Waals surface area contributed by atoms with Crippen LogP contribution in [0.3, 0.4) is 0 Å². The van der Waals surface area contributed by atoms with Gasteiger partial charge in [0.15, 0.2) is 5.82 Å². The Balaban J connectivity index is 1.27. The number of anilines is 3. The quantitative estimate of drug-likeness (QED) is 0.320. The van der Waals surface area contributed by atoms with Crippen molar-refractivity contribution < 1.29 is 13.5 Å². The summed E-state index contributed by atoms with van der Waals surface area (Å²) < 4.78 is 26.1. The van der Waals surface area contributed by atoms with E-state index in [4.69, 9.17) is 0 Å². The summed E-state index contributed by atoms with van der Waals surface area (Å²) >= 11 is 0. The molecule has 1 saturated carbocycles. The van der Waals surface area contributed by atoms with Crippen molar-refractivity contribution in [3.05, 3.63) is 78.4 Å². The van der Waals surface area contributed by atoms with Crippen LogP contribution in [0.5, 0.6) is 0 Å². The average molecular weight is 570 g/mol. The van der Waals surface area contributed by atoms with Gasteiger partial charge in [-0.15, -0.1) is 0 Å². The fraction of sp³-hybridized carbons (Fsp3) is 0.333. The molecule has 11 heteroatoms. The fourth-order valence-corrected chi connectivity index (χ4v) is 6.23. The highest BCUT2D eigenvalue weighted by molar-refractivity contribution is 7.90. The molecule has 0 spiro atoms. The van der Waals surface area contributed by atoms with E-state index in [1.807, 2.05) is 36.4 Å². The van der Waals surface area contributed by atoms with Crippen molar-refractivity contribution in [2.24, 2.45) is 5.41 Å². The van der Waals surface area contributed by atoms with Gasteiger partial charge in [0.05, 0.1) is 34.5 Å². The molecular weight excluding hydrogens is 538 g/mol. The summed E-state index contributed by atoms with van der Waals surface area (Å²) in [6.07, 6.45) is 9.38. The van der Waals surface area contributed by atoms with Crippen LogP contribution in [0, 0.1) is 17.3 Å². The highest BCUT2D eigenvalue weighted by Crippen LogP contribution is 2.35. The van der Waals surface area contributed by atoms with E-state index in [-0.39, 0.29) is 17.3 Å². The van der Waals surface area contributed by atoms with Gasteiger partial charge < -0.3 is 15.3 Å². The van der Waals surface area contributed by atoms with E-state index in [1.165, 1.54) is 12.4 Å². The van der Waals surface area contributed by atoms with E-state index < -0.39 is 10.0 Å². The van der Waals surface area contributed by atoms with Gasteiger partial charge in [0.1, 0.15) is 11.6 Å². The van der Waals surface area contributed by atoms with Crippen LogP contribution in [0.15, 0.2) is 67.3 Å². The number of hydrogen-bond acceptors (Lipinski definition) is 9. The normalized spacial score (nSPS) is 16.6. The zero-order valence-corrected chi connectivity index (χ0v) is 23.5. The molecule has 0 unspecified atom stereocenters. The largest absolute Gasteiger partial charge is 0.396 e. The van der Waals surface area contributed by atoms with Gasteiger partial charge in [-0.2, -0.15) is 9.19 Å². The molecule has 3 aromatic heterocycles. The minimum atomic E-state index is -3.47. The predicted molar refractivity (Wildman–Crippen MR) is 157 cm³/mol. The average Bonchev–Trinajstić information content (AvgIpc) is 3.74. The minimum absolute atomic E-state index is 0.0797. The van der Waals surface area contributed by atoms with Gasteiger partial charge in [0.25, 0.3) is 10.0 Å². The first-order valence-corrected chi connectivity index (χ1v) is 15.2. The molecule has 2 N–H and O–H groups in total. The first kappa shape index (κ1) is 26.9. The lowest BCUT2D eigenvalue weighted by molar-refractivity contribution is 0.115. The molecule has 210 valence electrons. The van der Waals surface area contributed by atoms with Gasteiger partial charge in [-0.1, -0.05) is 37.0 Å². The Morgan fingerprint density at radius 3 is 2.56 bits per heavy atom. The van der Waals surface area contributed by atoms with Gasteiger partial charge in [0, 0.05) is 43.7 Å². The Hall–Kier alpha value is -4.27.